The minimum absolute atomic E-state index is 0.532. The van der Waals surface area contributed by atoms with E-state index in [1.807, 2.05) is 10.9 Å². The second-order valence-corrected chi connectivity index (χ2v) is 3.75. The van der Waals surface area contributed by atoms with Crippen molar-refractivity contribution < 1.29 is 4.74 Å². The molecular formula is C9H15BrN2O. The van der Waals surface area contributed by atoms with Crippen LogP contribution in [0.15, 0.2) is 12.4 Å². The molecule has 1 aromatic heterocycles. The first kappa shape index (κ1) is 10.6. The topological polar surface area (TPSA) is 27.1 Å². The van der Waals surface area contributed by atoms with E-state index < -0.39 is 0 Å². The molecule has 4 heteroatoms. The van der Waals surface area contributed by atoms with E-state index in [-0.39, 0.29) is 0 Å². The molecule has 0 radical (unpaired) electrons. The molecular weight excluding hydrogens is 232 g/mol. The number of alkyl halides is 1. The summed E-state index contributed by atoms with van der Waals surface area (Å²) in [5.74, 6) is 1.39. The molecule has 1 atom stereocenters. The van der Waals surface area contributed by atoms with Crippen LogP contribution in [0.3, 0.4) is 0 Å². The third kappa shape index (κ3) is 3.38. The maximum Gasteiger partial charge on any atom is 0.157 e. The number of ether oxygens (including phenoxy) is 1. The van der Waals surface area contributed by atoms with Gasteiger partial charge in [0.05, 0.1) is 19.0 Å². The standard InChI is InChI=1S/C9H15BrN2O/c1-3-12-6-9(5-11-12)13-7-8(2)4-10/h5-6,8H,3-4,7H2,1-2H3. The summed E-state index contributed by atoms with van der Waals surface area (Å²) in [6, 6.07) is 0. The summed E-state index contributed by atoms with van der Waals surface area (Å²) < 4.78 is 7.38. The van der Waals surface area contributed by atoms with Crippen molar-refractivity contribution in [2.75, 3.05) is 11.9 Å². The largest absolute Gasteiger partial charge is 0.490 e. The molecule has 3 nitrogen and oxygen atoms in total. The lowest BCUT2D eigenvalue weighted by atomic mass is 10.2. The summed E-state index contributed by atoms with van der Waals surface area (Å²) >= 11 is 3.41. The molecule has 0 aliphatic carbocycles. The Bertz CT molecular complexity index is 250. The molecule has 1 unspecified atom stereocenters. The zero-order chi connectivity index (χ0) is 9.68. The Hall–Kier alpha value is -0.510. The van der Waals surface area contributed by atoms with Crippen LogP contribution >= 0.6 is 15.9 Å². The van der Waals surface area contributed by atoms with E-state index in [4.69, 9.17) is 4.74 Å². The first-order chi connectivity index (χ1) is 6.26. The lowest BCUT2D eigenvalue weighted by molar-refractivity contribution is 0.274. The molecule has 0 aromatic carbocycles. The molecule has 1 heterocycles. The van der Waals surface area contributed by atoms with Gasteiger partial charge in [0, 0.05) is 11.9 Å². The minimum atomic E-state index is 0.532. The summed E-state index contributed by atoms with van der Waals surface area (Å²) in [5.41, 5.74) is 0. The van der Waals surface area contributed by atoms with Crippen molar-refractivity contribution in [1.29, 1.82) is 0 Å². The van der Waals surface area contributed by atoms with E-state index in [0.717, 1.165) is 24.2 Å². The normalized spacial score (nSPS) is 12.8. The summed E-state index contributed by atoms with van der Waals surface area (Å²) in [7, 11) is 0. The molecule has 0 N–H and O–H groups in total. The Balaban J connectivity index is 2.36. The Morgan fingerprint density at radius 1 is 1.69 bits per heavy atom. The van der Waals surface area contributed by atoms with Crippen LogP contribution in [-0.4, -0.2) is 21.7 Å². The number of rotatable bonds is 5. The van der Waals surface area contributed by atoms with Crippen LogP contribution in [0.4, 0.5) is 0 Å². The lowest BCUT2D eigenvalue weighted by Crippen LogP contribution is -2.08. The van der Waals surface area contributed by atoms with Gasteiger partial charge >= 0.3 is 0 Å². The number of aryl methyl sites for hydroxylation is 1. The summed E-state index contributed by atoms with van der Waals surface area (Å²) in [5, 5.41) is 5.09. The highest BCUT2D eigenvalue weighted by Crippen LogP contribution is 2.10. The number of hydrogen-bond acceptors (Lipinski definition) is 2. The molecule has 0 spiro atoms. The smallest absolute Gasteiger partial charge is 0.157 e. The number of aromatic nitrogens is 2. The third-order valence-corrected chi connectivity index (χ3v) is 2.84. The van der Waals surface area contributed by atoms with Gasteiger partial charge in [-0.1, -0.05) is 22.9 Å². The molecule has 74 valence electrons. The van der Waals surface area contributed by atoms with Gasteiger partial charge in [-0.05, 0) is 12.8 Å². The monoisotopic (exact) mass is 246 g/mol. The van der Waals surface area contributed by atoms with Gasteiger partial charge in [-0.25, -0.2) is 0 Å². The van der Waals surface area contributed by atoms with Crippen LogP contribution in [-0.2, 0) is 6.54 Å². The lowest BCUT2D eigenvalue weighted by Gasteiger charge is -2.07. The molecule has 0 aliphatic rings. The Morgan fingerprint density at radius 3 is 3.00 bits per heavy atom. The fourth-order valence-corrected chi connectivity index (χ4v) is 1.06. The van der Waals surface area contributed by atoms with Gasteiger partial charge in [0.15, 0.2) is 5.75 Å². The molecule has 0 fully saturated rings. The van der Waals surface area contributed by atoms with Gasteiger partial charge in [-0.3, -0.25) is 4.68 Å². The van der Waals surface area contributed by atoms with Gasteiger partial charge in [0.2, 0.25) is 0 Å². The molecule has 0 amide bonds. The van der Waals surface area contributed by atoms with Gasteiger partial charge in [-0.15, -0.1) is 0 Å². The van der Waals surface area contributed by atoms with Crippen LogP contribution in [0.1, 0.15) is 13.8 Å². The molecule has 0 aliphatic heterocycles. The highest BCUT2D eigenvalue weighted by atomic mass is 79.9. The van der Waals surface area contributed by atoms with Crippen molar-refractivity contribution in [3.8, 4) is 5.75 Å². The average Bonchev–Trinajstić information content (AvgIpc) is 2.61. The van der Waals surface area contributed by atoms with Crippen LogP contribution in [0.5, 0.6) is 5.75 Å². The predicted molar refractivity (Wildman–Crippen MR) is 56.4 cm³/mol. The van der Waals surface area contributed by atoms with Gasteiger partial charge < -0.3 is 4.74 Å². The Labute approximate surface area is 87.2 Å². The Kier molecular flexibility index (Phi) is 4.28. The van der Waals surface area contributed by atoms with Crippen LogP contribution < -0.4 is 4.74 Å². The van der Waals surface area contributed by atoms with E-state index in [0.29, 0.717) is 5.92 Å². The SMILES string of the molecule is CCn1cc(OCC(C)CBr)cn1. The van der Waals surface area contributed by atoms with Crippen molar-refractivity contribution in [2.45, 2.75) is 20.4 Å². The molecule has 0 saturated heterocycles. The van der Waals surface area contributed by atoms with E-state index in [1.165, 1.54) is 0 Å². The Morgan fingerprint density at radius 2 is 2.46 bits per heavy atom. The highest BCUT2D eigenvalue weighted by molar-refractivity contribution is 9.09. The van der Waals surface area contributed by atoms with Crippen molar-refractivity contribution in [1.82, 2.24) is 9.78 Å². The second-order valence-electron chi connectivity index (χ2n) is 3.10. The van der Waals surface area contributed by atoms with Crippen LogP contribution in [0.25, 0.3) is 0 Å². The van der Waals surface area contributed by atoms with Crippen LogP contribution in [0, 0.1) is 5.92 Å². The second kappa shape index (κ2) is 5.27. The van der Waals surface area contributed by atoms with Crippen molar-refractivity contribution >= 4 is 15.9 Å². The first-order valence-corrected chi connectivity index (χ1v) is 5.59. The third-order valence-electron chi connectivity index (χ3n) is 1.73. The fraction of sp³-hybridized carbons (Fsp3) is 0.667. The van der Waals surface area contributed by atoms with Gasteiger partial charge in [0.1, 0.15) is 0 Å². The first-order valence-electron chi connectivity index (χ1n) is 4.47. The van der Waals surface area contributed by atoms with Crippen molar-refractivity contribution in [3.05, 3.63) is 12.4 Å². The fourth-order valence-electron chi connectivity index (χ4n) is 0.875. The predicted octanol–water partition coefficient (Wildman–Crippen LogP) is 2.31. The average molecular weight is 247 g/mol. The van der Waals surface area contributed by atoms with E-state index in [2.05, 4.69) is 34.9 Å². The maximum absolute atomic E-state index is 5.53. The minimum Gasteiger partial charge on any atom is -0.490 e. The zero-order valence-corrected chi connectivity index (χ0v) is 9.62. The van der Waals surface area contributed by atoms with Gasteiger partial charge in [0.25, 0.3) is 0 Å². The molecule has 1 aromatic rings. The van der Waals surface area contributed by atoms with Crippen molar-refractivity contribution in [3.63, 3.8) is 0 Å². The number of nitrogens with zero attached hydrogens (tertiary/aromatic N) is 2. The molecule has 0 bridgehead atoms. The molecule has 13 heavy (non-hydrogen) atoms. The summed E-state index contributed by atoms with van der Waals surface area (Å²) in [4.78, 5) is 0. The zero-order valence-electron chi connectivity index (χ0n) is 8.03. The molecule has 1 rings (SSSR count). The maximum atomic E-state index is 5.53. The quantitative estimate of drug-likeness (QED) is 0.746. The number of hydrogen-bond donors (Lipinski definition) is 0. The molecule has 0 saturated carbocycles. The summed E-state index contributed by atoms with van der Waals surface area (Å²) in [6.45, 7) is 5.81. The van der Waals surface area contributed by atoms with Crippen molar-refractivity contribution in [2.24, 2.45) is 5.92 Å². The van der Waals surface area contributed by atoms with Gasteiger partial charge in [-0.2, -0.15) is 5.10 Å². The number of halogens is 1. The van der Waals surface area contributed by atoms with E-state index >= 15 is 0 Å². The van der Waals surface area contributed by atoms with E-state index in [1.54, 1.807) is 6.20 Å². The van der Waals surface area contributed by atoms with E-state index in [9.17, 15) is 0 Å². The highest BCUT2D eigenvalue weighted by Gasteiger charge is 2.02. The summed E-state index contributed by atoms with van der Waals surface area (Å²) in [6.07, 6.45) is 3.67. The van der Waals surface area contributed by atoms with Crippen LogP contribution in [0.2, 0.25) is 0 Å².